The number of anilines is 6. The lowest BCUT2D eigenvalue weighted by Gasteiger charge is -2.29. The fourth-order valence-electron chi connectivity index (χ4n) is 8.62. The minimum atomic E-state index is 0.870. The number of fused-ring (bicyclic) bond motifs is 4. The fraction of sp³-hybridized carbons (Fsp3) is 0. The first kappa shape index (κ1) is 36.0. The molecule has 0 saturated carbocycles. The van der Waals surface area contributed by atoms with Gasteiger partial charge in [-0.05, 0) is 117 Å². The molecule has 0 amide bonds. The minimum absolute atomic E-state index is 0.870. The molecule has 288 valence electrons. The van der Waals surface area contributed by atoms with Crippen molar-refractivity contribution in [1.82, 2.24) is 0 Å². The summed E-state index contributed by atoms with van der Waals surface area (Å²) in [4.78, 5) is 4.69. The second kappa shape index (κ2) is 15.6. The van der Waals surface area contributed by atoms with E-state index in [1.54, 1.807) is 0 Å². The molecule has 0 aliphatic carbocycles. The third kappa shape index (κ3) is 6.88. The van der Waals surface area contributed by atoms with Crippen LogP contribution >= 0.6 is 0 Å². The zero-order chi connectivity index (χ0) is 40.5. The van der Waals surface area contributed by atoms with Gasteiger partial charge in [-0.1, -0.05) is 158 Å². The molecule has 0 unspecified atom stereocenters. The van der Waals surface area contributed by atoms with Gasteiger partial charge in [0.1, 0.15) is 11.2 Å². The summed E-state index contributed by atoms with van der Waals surface area (Å²) >= 11 is 0. The Kier molecular flexibility index (Phi) is 9.18. The van der Waals surface area contributed by atoms with Crippen molar-refractivity contribution in [3.05, 3.63) is 243 Å². The molecule has 11 aromatic rings. The van der Waals surface area contributed by atoms with E-state index in [0.717, 1.165) is 78.3 Å². The molecule has 0 spiro atoms. The molecule has 0 atom stereocenters. The van der Waals surface area contributed by atoms with Crippen LogP contribution < -0.4 is 9.80 Å². The zero-order valence-electron chi connectivity index (χ0n) is 33.4. The van der Waals surface area contributed by atoms with Crippen LogP contribution in [0.2, 0.25) is 0 Å². The Labute approximate surface area is 355 Å². The third-order valence-electron chi connectivity index (χ3n) is 11.6. The molecule has 0 aliphatic heterocycles. The van der Waals surface area contributed by atoms with Crippen molar-refractivity contribution in [2.75, 3.05) is 9.80 Å². The second-order valence-corrected chi connectivity index (χ2v) is 15.4. The van der Waals surface area contributed by atoms with Crippen molar-refractivity contribution in [2.45, 2.75) is 0 Å². The first-order valence-electron chi connectivity index (χ1n) is 20.7. The predicted molar refractivity (Wildman–Crippen MR) is 257 cm³/mol. The molecule has 3 nitrogen and oxygen atoms in total. The zero-order valence-corrected chi connectivity index (χ0v) is 33.4. The summed E-state index contributed by atoms with van der Waals surface area (Å²) < 4.78 is 6.33. The Morgan fingerprint density at radius 3 is 1.49 bits per heavy atom. The van der Waals surface area contributed by atoms with Crippen LogP contribution in [-0.2, 0) is 0 Å². The topological polar surface area (TPSA) is 19.6 Å². The van der Waals surface area contributed by atoms with Crippen molar-refractivity contribution in [3.8, 4) is 33.4 Å². The van der Waals surface area contributed by atoms with Gasteiger partial charge >= 0.3 is 0 Å². The summed E-state index contributed by atoms with van der Waals surface area (Å²) in [6.07, 6.45) is 0. The maximum Gasteiger partial charge on any atom is 0.137 e. The Hall–Kier alpha value is -8.14. The van der Waals surface area contributed by atoms with Gasteiger partial charge < -0.3 is 14.2 Å². The molecular weight excluding hydrogens is 741 g/mol. The number of nitrogens with zero attached hydrogens (tertiary/aromatic N) is 2. The fourth-order valence-corrected chi connectivity index (χ4v) is 8.62. The molecule has 61 heavy (non-hydrogen) atoms. The van der Waals surface area contributed by atoms with Gasteiger partial charge in [-0.15, -0.1) is 0 Å². The normalized spacial score (nSPS) is 11.3. The van der Waals surface area contributed by atoms with Gasteiger partial charge in [0.25, 0.3) is 0 Å². The first-order chi connectivity index (χ1) is 30.2. The van der Waals surface area contributed by atoms with E-state index >= 15 is 0 Å². The van der Waals surface area contributed by atoms with E-state index in [4.69, 9.17) is 4.42 Å². The molecule has 0 saturated heterocycles. The SMILES string of the molecule is c1ccc(-c2ccc(N(c3ccc4ccccc4c3)c3ccc(-c4ccc(N(c5ccccc5)c5ccc6c(c5)oc5ccccc56)cc4)cc3-c3ccccc3)cc2)cc1. The van der Waals surface area contributed by atoms with E-state index in [9.17, 15) is 0 Å². The molecule has 0 bridgehead atoms. The van der Waals surface area contributed by atoms with Crippen LogP contribution in [0.3, 0.4) is 0 Å². The first-order valence-corrected chi connectivity index (χ1v) is 20.7. The molecule has 1 heterocycles. The van der Waals surface area contributed by atoms with Crippen LogP contribution in [0.4, 0.5) is 34.1 Å². The number of benzene rings is 10. The van der Waals surface area contributed by atoms with Crippen molar-refractivity contribution >= 4 is 66.8 Å². The maximum atomic E-state index is 6.33. The lowest BCUT2D eigenvalue weighted by atomic mass is 9.95. The summed E-state index contributed by atoms with van der Waals surface area (Å²) in [6, 6.07) is 86.6. The van der Waals surface area contributed by atoms with E-state index in [1.165, 1.54) is 21.9 Å². The summed E-state index contributed by atoms with van der Waals surface area (Å²) in [5.74, 6) is 0. The monoisotopic (exact) mass is 780 g/mol. The largest absolute Gasteiger partial charge is 0.456 e. The lowest BCUT2D eigenvalue weighted by molar-refractivity contribution is 0.669. The lowest BCUT2D eigenvalue weighted by Crippen LogP contribution is -2.11. The van der Waals surface area contributed by atoms with E-state index < -0.39 is 0 Å². The highest BCUT2D eigenvalue weighted by Crippen LogP contribution is 2.45. The van der Waals surface area contributed by atoms with Crippen LogP contribution in [0, 0.1) is 0 Å². The Morgan fingerprint density at radius 1 is 0.262 bits per heavy atom. The van der Waals surface area contributed by atoms with Crippen LogP contribution in [0.25, 0.3) is 66.1 Å². The van der Waals surface area contributed by atoms with Crippen LogP contribution in [0.1, 0.15) is 0 Å². The summed E-state index contributed by atoms with van der Waals surface area (Å²) in [5.41, 5.74) is 15.2. The van der Waals surface area contributed by atoms with E-state index in [-0.39, 0.29) is 0 Å². The predicted octanol–water partition coefficient (Wildman–Crippen LogP) is 16.7. The van der Waals surface area contributed by atoms with Gasteiger partial charge in [-0.25, -0.2) is 0 Å². The number of rotatable bonds is 9. The van der Waals surface area contributed by atoms with Gasteiger partial charge in [-0.3, -0.25) is 0 Å². The number of furan rings is 1. The van der Waals surface area contributed by atoms with E-state index in [1.807, 2.05) is 12.1 Å². The quantitative estimate of drug-likeness (QED) is 0.145. The average molecular weight is 781 g/mol. The van der Waals surface area contributed by atoms with Crippen molar-refractivity contribution < 1.29 is 4.42 Å². The summed E-state index contributed by atoms with van der Waals surface area (Å²) in [6.45, 7) is 0. The number of hydrogen-bond acceptors (Lipinski definition) is 3. The van der Waals surface area contributed by atoms with Crippen LogP contribution in [0.5, 0.6) is 0 Å². The van der Waals surface area contributed by atoms with Crippen molar-refractivity contribution in [2.24, 2.45) is 0 Å². The highest BCUT2D eigenvalue weighted by Gasteiger charge is 2.20. The number of para-hydroxylation sites is 2. The smallest absolute Gasteiger partial charge is 0.137 e. The Bertz CT molecular complexity index is 3280. The Morgan fingerprint density at radius 2 is 0.754 bits per heavy atom. The summed E-state index contributed by atoms with van der Waals surface area (Å²) in [5, 5.41) is 4.66. The van der Waals surface area contributed by atoms with Gasteiger partial charge in [-0.2, -0.15) is 0 Å². The van der Waals surface area contributed by atoms with Crippen molar-refractivity contribution in [1.29, 1.82) is 0 Å². The molecule has 0 N–H and O–H groups in total. The van der Waals surface area contributed by atoms with Crippen LogP contribution in [-0.4, -0.2) is 0 Å². The minimum Gasteiger partial charge on any atom is -0.456 e. The van der Waals surface area contributed by atoms with E-state index in [0.29, 0.717) is 0 Å². The molecule has 0 fully saturated rings. The highest BCUT2D eigenvalue weighted by atomic mass is 16.3. The molecule has 0 radical (unpaired) electrons. The molecule has 1 aromatic heterocycles. The average Bonchev–Trinajstić information content (AvgIpc) is 3.71. The molecule has 10 aromatic carbocycles. The Balaban J connectivity index is 1.01. The van der Waals surface area contributed by atoms with E-state index in [2.05, 4.69) is 240 Å². The molecule has 11 rings (SSSR count). The highest BCUT2D eigenvalue weighted by molar-refractivity contribution is 6.06. The molecule has 0 aliphatic rings. The standard InChI is InChI=1S/C58H40N2O/c1-4-14-41(15-5-1)43-24-32-50(33-25-43)60(51-34-28-42-16-10-11-19-46(42)38-51)56-37-29-47(39-55(56)45-17-6-2-7-18-45)44-26-30-49(31-27-44)59(48-20-8-3-9-21-48)52-35-36-54-53-22-12-13-23-57(53)61-58(54)40-52/h1-40H. The van der Waals surface area contributed by atoms with Gasteiger partial charge in [0.05, 0.1) is 5.69 Å². The van der Waals surface area contributed by atoms with Gasteiger partial charge in [0.2, 0.25) is 0 Å². The van der Waals surface area contributed by atoms with Crippen molar-refractivity contribution in [3.63, 3.8) is 0 Å². The molecular formula is C58H40N2O. The van der Waals surface area contributed by atoms with Gasteiger partial charge in [0.15, 0.2) is 0 Å². The second-order valence-electron chi connectivity index (χ2n) is 15.4. The number of hydrogen-bond donors (Lipinski definition) is 0. The summed E-state index contributed by atoms with van der Waals surface area (Å²) in [7, 11) is 0. The van der Waals surface area contributed by atoms with Crippen LogP contribution in [0.15, 0.2) is 247 Å². The third-order valence-corrected chi connectivity index (χ3v) is 11.6. The van der Waals surface area contributed by atoms with Gasteiger partial charge in [0, 0.05) is 50.8 Å². The maximum absolute atomic E-state index is 6.33. The molecule has 3 heteroatoms.